The second kappa shape index (κ2) is 5.74. The predicted octanol–water partition coefficient (Wildman–Crippen LogP) is 3.05. The van der Waals surface area contributed by atoms with Gasteiger partial charge < -0.3 is 9.05 Å². The molecule has 0 amide bonds. The topological polar surface area (TPSA) is 35.5 Å². The Morgan fingerprint density at radius 1 is 1.25 bits per heavy atom. The summed E-state index contributed by atoms with van der Waals surface area (Å²) in [6, 6.07) is 0. The zero-order valence-corrected chi connectivity index (χ0v) is 9.27. The van der Waals surface area contributed by atoms with Crippen molar-refractivity contribution < 1.29 is 13.6 Å². The maximum absolute atomic E-state index is 11.8. The zero-order chi connectivity index (χ0) is 9.61. The smallest absolute Gasteiger partial charge is 0.312 e. The van der Waals surface area contributed by atoms with Gasteiger partial charge in [0, 0.05) is 14.2 Å². The predicted molar refractivity (Wildman–Crippen MR) is 50.6 cm³/mol. The molecule has 0 spiro atoms. The van der Waals surface area contributed by atoms with E-state index in [0.29, 0.717) is 0 Å². The van der Waals surface area contributed by atoms with E-state index in [0.717, 1.165) is 19.3 Å². The molecule has 0 aromatic heterocycles. The van der Waals surface area contributed by atoms with Crippen LogP contribution in [0.2, 0.25) is 0 Å². The minimum atomic E-state index is -2.81. The van der Waals surface area contributed by atoms with Gasteiger partial charge in [-0.1, -0.05) is 20.3 Å². The van der Waals surface area contributed by atoms with Crippen molar-refractivity contribution in [2.24, 2.45) is 0 Å². The average molecular weight is 194 g/mol. The lowest BCUT2D eigenvalue weighted by atomic mass is 10.2. The van der Waals surface area contributed by atoms with Gasteiger partial charge in [0.05, 0.1) is 5.66 Å². The summed E-state index contributed by atoms with van der Waals surface area (Å²) in [5, 5.41) is 0. The third-order valence-electron chi connectivity index (χ3n) is 2.05. The van der Waals surface area contributed by atoms with Gasteiger partial charge >= 0.3 is 7.60 Å². The molecular weight excluding hydrogens is 175 g/mol. The van der Waals surface area contributed by atoms with Crippen LogP contribution in [0.3, 0.4) is 0 Å². The number of hydrogen-bond donors (Lipinski definition) is 0. The molecule has 0 aliphatic carbocycles. The van der Waals surface area contributed by atoms with Crippen molar-refractivity contribution >= 4 is 7.60 Å². The zero-order valence-electron chi connectivity index (χ0n) is 8.37. The molecule has 0 rings (SSSR count). The van der Waals surface area contributed by atoms with Crippen LogP contribution in [0.4, 0.5) is 0 Å². The molecule has 3 nitrogen and oxygen atoms in total. The van der Waals surface area contributed by atoms with Crippen molar-refractivity contribution in [3.63, 3.8) is 0 Å². The summed E-state index contributed by atoms with van der Waals surface area (Å²) in [4.78, 5) is 0. The molecule has 0 aromatic rings. The van der Waals surface area contributed by atoms with E-state index in [9.17, 15) is 4.57 Å². The van der Waals surface area contributed by atoms with Crippen LogP contribution in [0.5, 0.6) is 0 Å². The van der Waals surface area contributed by atoms with E-state index in [2.05, 4.69) is 6.92 Å². The van der Waals surface area contributed by atoms with Gasteiger partial charge in [-0.25, -0.2) is 0 Å². The van der Waals surface area contributed by atoms with Crippen molar-refractivity contribution in [2.45, 2.75) is 38.8 Å². The number of rotatable bonds is 6. The summed E-state index contributed by atoms with van der Waals surface area (Å²) in [5.41, 5.74) is 0.0532. The lowest BCUT2D eigenvalue weighted by Crippen LogP contribution is -2.09. The molecular formula is C8H19O3P. The summed E-state index contributed by atoms with van der Waals surface area (Å²) in [6.45, 7) is 4.07. The fourth-order valence-electron chi connectivity index (χ4n) is 1.29. The maximum Gasteiger partial charge on any atom is 0.333 e. The van der Waals surface area contributed by atoms with Gasteiger partial charge in [0.15, 0.2) is 0 Å². The van der Waals surface area contributed by atoms with E-state index >= 15 is 0 Å². The molecule has 0 radical (unpaired) electrons. The minimum Gasteiger partial charge on any atom is -0.312 e. The fourth-order valence-corrected chi connectivity index (χ4v) is 3.06. The van der Waals surface area contributed by atoms with Crippen LogP contribution < -0.4 is 0 Å². The molecule has 0 aliphatic rings. The molecule has 0 heterocycles. The quantitative estimate of drug-likeness (QED) is 0.609. The first-order valence-corrected chi connectivity index (χ1v) is 5.96. The molecule has 12 heavy (non-hydrogen) atoms. The molecule has 0 N–H and O–H groups in total. The lowest BCUT2D eigenvalue weighted by Gasteiger charge is -2.22. The normalized spacial score (nSPS) is 14.7. The van der Waals surface area contributed by atoms with E-state index in [1.54, 1.807) is 0 Å². The third-order valence-corrected chi connectivity index (χ3v) is 4.59. The summed E-state index contributed by atoms with van der Waals surface area (Å²) in [7, 11) is 0.0862. The van der Waals surface area contributed by atoms with E-state index in [4.69, 9.17) is 9.05 Å². The van der Waals surface area contributed by atoms with Crippen LogP contribution in [0.15, 0.2) is 0 Å². The van der Waals surface area contributed by atoms with Crippen LogP contribution in [-0.2, 0) is 13.6 Å². The maximum atomic E-state index is 11.8. The van der Waals surface area contributed by atoms with Crippen molar-refractivity contribution in [3.05, 3.63) is 0 Å². The Labute approximate surface area is 75.0 Å². The van der Waals surface area contributed by atoms with E-state index < -0.39 is 7.60 Å². The molecule has 1 unspecified atom stereocenters. The van der Waals surface area contributed by atoms with Gasteiger partial charge in [-0.2, -0.15) is 0 Å². The number of hydrogen-bond acceptors (Lipinski definition) is 3. The van der Waals surface area contributed by atoms with Gasteiger partial charge in [0.2, 0.25) is 0 Å². The van der Waals surface area contributed by atoms with E-state index in [1.165, 1.54) is 14.2 Å². The van der Waals surface area contributed by atoms with Gasteiger partial charge in [-0.15, -0.1) is 0 Å². The van der Waals surface area contributed by atoms with Gasteiger partial charge in [-0.3, -0.25) is 4.57 Å². The van der Waals surface area contributed by atoms with Crippen molar-refractivity contribution in [3.8, 4) is 0 Å². The van der Waals surface area contributed by atoms with Crippen LogP contribution in [-0.4, -0.2) is 19.9 Å². The van der Waals surface area contributed by atoms with Gasteiger partial charge in [-0.05, 0) is 12.8 Å². The molecule has 0 aromatic carbocycles. The van der Waals surface area contributed by atoms with Crippen molar-refractivity contribution in [2.75, 3.05) is 14.2 Å². The molecule has 74 valence electrons. The molecule has 1 atom stereocenters. The third kappa shape index (κ3) is 2.89. The molecule has 0 saturated heterocycles. The second-order valence-electron chi connectivity index (χ2n) is 2.76. The molecule has 0 aliphatic heterocycles. The van der Waals surface area contributed by atoms with Crippen LogP contribution in [0.1, 0.15) is 33.1 Å². The highest BCUT2D eigenvalue weighted by molar-refractivity contribution is 7.54. The Bertz CT molecular complexity index is 150. The molecule has 0 bridgehead atoms. The van der Waals surface area contributed by atoms with Crippen LogP contribution in [0.25, 0.3) is 0 Å². The highest BCUT2D eigenvalue weighted by atomic mass is 31.2. The Morgan fingerprint density at radius 2 is 1.75 bits per heavy atom. The summed E-state index contributed by atoms with van der Waals surface area (Å²) < 4.78 is 21.7. The Kier molecular flexibility index (Phi) is 5.81. The van der Waals surface area contributed by atoms with Crippen molar-refractivity contribution in [1.82, 2.24) is 0 Å². The Hall–Kier alpha value is 0.150. The van der Waals surface area contributed by atoms with Crippen LogP contribution in [0, 0.1) is 0 Å². The molecule has 4 heteroatoms. The fraction of sp³-hybridized carbons (Fsp3) is 1.00. The minimum absolute atomic E-state index is 0.0532. The summed E-state index contributed by atoms with van der Waals surface area (Å²) in [6.07, 6.45) is 2.75. The second-order valence-corrected chi connectivity index (χ2v) is 5.30. The highest BCUT2D eigenvalue weighted by Crippen LogP contribution is 2.54. The molecule has 0 fully saturated rings. The Morgan fingerprint density at radius 3 is 2.00 bits per heavy atom. The largest absolute Gasteiger partial charge is 0.333 e. The highest BCUT2D eigenvalue weighted by Gasteiger charge is 2.31. The monoisotopic (exact) mass is 194 g/mol. The van der Waals surface area contributed by atoms with Gasteiger partial charge in [0.1, 0.15) is 0 Å². The Balaban J connectivity index is 4.33. The van der Waals surface area contributed by atoms with E-state index in [-0.39, 0.29) is 5.66 Å². The average Bonchev–Trinajstić information content (AvgIpc) is 2.13. The first kappa shape index (κ1) is 12.2. The first-order valence-electron chi connectivity index (χ1n) is 4.35. The van der Waals surface area contributed by atoms with E-state index in [1.807, 2.05) is 6.92 Å². The summed E-state index contributed by atoms with van der Waals surface area (Å²) >= 11 is 0. The lowest BCUT2D eigenvalue weighted by molar-refractivity contribution is 0.262. The van der Waals surface area contributed by atoms with Crippen LogP contribution >= 0.6 is 7.60 Å². The van der Waals surface area contributed by atoms with Gasteiger partial charge in [0.25, 0.3) is 0 Å². The van der Waals surface area contributed by atoms with Crippen molar-refractivity contribution in [1.29, 1.82) is 0 Å². The first-order chi connectivity index (χ1) is 5.64. The standard InChI is InChI=1S/C8H19O3P/c1-5-7-8(6-2)12(9,10-3)11-4/h8H,5-7H2,1-4H3. The SMILES string of the molecule is CCCC(CC)P(=O)(OC)OC. The molecule has 0 saturated carbocycles. The summed E-state index contributed by atoms with van der Waals surface area (Å²) in [5.74, 6) is 0.